The number of rotatable bonds is 2. The van der Waals surface area contributed by atoms with Crippen LogP contribution in [0.3, 0.4) is 0 Å². The predicted octanol–water partition coefficient (Wildman–Crippen LogP) is 2.28. The molecule has 0 atom stereocenters. The van der Waals surface area contributed by atoms with E-state index in [1.807, 2.05) is 0 Å². The number of oxazole rings is 1. The summed E-state index contributed by atoms with van der Waals surface area (Å²) in [6, 6.07) is 5.98. The number of benzene rings is 1. The van der Waals surface area contributed by atoms with Crippen LogP contribution in [0.25, 0.3) is 11.5 Å². The van der Waals surface area contributed by atoms with Gasteiger partial charge in [-0.1, -0.05) is 6.07 Å². The summed E-state index contributed by atoms with van der Waals surface area (Å²) < 4.78 is 18.2. The minimum Gasteiger partial charge on any atom is -0.441 e. The molecule has 0 aliphatic heterocycles. The molecule has 0 saturated carbocycles. The highest BCUT2D eigenvalue weighted by Gasteiger charge is 2.10. The second-order valence-corrected chi connectivity index (χ2v) is 3.19. The lowest BCUT2D eigenvalue weighted by Crippen LogP contribution is -1.85. The zero-order valence-corrected chi connectivity index (χ0v) is 8.20. The first kappa shape index (κ1) is 9.86. The first-order valence-electron chi connectivity index (χ1n) is 4.54. The zero-order valence-electron chi connectivity index (χ0n) is 8.20. The predicted molar refractivity (Wildman–Crippen MR) is 52.6 cm³/mol. The Kier molecular flexibility index (Phi) is 2.51. The van der Waals surface area contributed by atoms with Crippen molar-refractivity contribution in [2.75, 3.05) is 0 Å². The van der Waals surface area contributed by atoms with Gasteiger partial charge in [0.15, 0.2) is 0 Å². The summed E-state index contributed by atoms with van der Waals surface area (Å²) in [5, 5.41) is 8.94. The van der Waals surface area contributed by atoms with Crippen molar-refractivity contribution >= 4 is 0 Å². The molecule has 1 heterocycles. The molecule has 2 rings (SSSR count). The van der Waals surface area contributed by atoms with Crippen molar-refractivity contribution in [1.82, 2.24) is 4.98 Å². The number of halogens is 1. The van der Waals surface area contributed by atoms with E-state index < -0.39 is 0 Å². The first-order valence-corrected chi connectivity index (χ1v) is 4.54. The van der Waals surface area contributed by atoms with Crippen LogP contribution in [0.2, 0.25) is 0 Å². The molecular formula is C11H10FNO2. The van der Waals surface area contributed by atoms with Crippen molar-refractivity contribution in [3.63, 3.8) is 0 Å². The molecule has 0 unspecified atom stereocenters. The van der Waals surface area contributed by atoms with E-state index in [4.69, 9.17) is 9.52 Å². The Morgan fingerprint density at radius 2 is 2.27 bits per heavy atom. The minimum atomic E-state index is -0.339. The molecule has 0 saturated heterocycles. The highest BCUT2D eigenvalue weighted by Crippen LogP contribution is 2.22. The maximum Gasteiger partial charge on any atom is 0.226 e. The van der Waals surface area contributed by atoms with Gasteiger partial charge < -0.3 is 9.52 Å². The van der Waals surface area contributed by atoms with Crippen LogP contribution in [0.4, 0.5) is 4.39 Å². The smallest absolute Gasteiger partial charge is 0.226 e. The fourth-order valence-electron chi connectivity index (χ4n) is 1.32. The highest BCUT2D eigenvalue weighted by atomic mass is 19.1. The summed E-state index contributed by atoms with van der Waals surface area (Å²) in [6.45, 7) is 1.53. The fraction of sp³-hybridized carbons (Fsp3) is 0.182. The van der Waals surface area contributed by atoms with Crippen molar-refractivity contribution in [3.05, 3.63) is 41.5 Å². The molecule has 15 heavy (non-hydrogen) atoms. The number of nitrogens with zero attached hydrogens (tertiary/aromatic N) is 1. The summed E-state index contributed by atoms with van der Waals surface area (Å²) in [5.74, 6) is 0.543. The summed E-state index contributed by atoms with van der Waals surface area (Å²) >= 11 is 0. The topological polar surface area (TPSA) is 46.3 Å². The Balaban J connectivity index is 2.45. The maximum atomic E-state index is 12.9. The molecule has 0 aliphatic carbocycles. The third kappa shape index (κ3) is 1.89. The van der Waals surface area contributed by atoms with E-state index in [-0.39, 0.29) is 12.4 Å². The second-order valence-electron chi connectivity index (χ2n) is 3.19. The number of aliphatic hydroxyl groups excluding tert-OH is 1. The van der Waals surface area contributed by atoms with E-state index in [1.165, 1.54) is 12.1 Å². The average molecular weight is 207 g/mol. The molecular weight excluding hydrogens is 197 g/mol. The molecule has 3 nitrogen and oxygen atoms in total. The van der Waals surface area contributed by atoms with E-state index in [0.717, 1.165) is 0 Å². The molecule has 0 aliphatic rings. The summed E-state index contributed by atoms with van der Waals surface area (Å²) in [5.41, 5.74) is 1.05. The molecule has 0 bridgehead atoms. The Morgan fingerprint density at radius 1 is 1.47 bits per heavy atom. The van der Waals surface area contributed by atoms with E-state index in [2.05, 4.69) is 4.98 Å². The van der Waals surface area contributed by atoms with Gasteiger partial charge in [-0.2, -0.15) is 0 Å². The van der Waals surface area contributed by atoms with Crippen LogP contribution >= 0.6 is 0 Å². The van der Waals surface area contributed by atoms with Gasteiger partial charge >= 0.3 is 0 Å². The summed E-state index contributed by atoms with van der Waals surface area (Å²) in [4.78, 5) is 4.06. The van der Waals surface area contributed by atoms with Crippen LogP contribution in [0, 0.1) is 12.7 Å². The number of hydrogen-bond donors (Lipinski definition) is 1. The molecule has 1 N–H and O–H groups in total. The van der Waals surface area contributed by atoms with E-state index in [0.29, 0.717) is 22.9 Å². The van der Waals surface area contributed by atoms with Gasteiger partial charge in [0.2, 0.25) is 5.89 Å². The Bertz CT molecular complexity index is 479. The quantitative estimate of drug-likeness (QED) is 0.821. The van der Waals surface area contributed by atoms with Gasteiger partial charge in [0, 0.05) is 5.56 Å². The van der Waals surface area contributed by atoms with Gasteiger partial charge in [-0.25, -0.2) is 9.37 Å². The minimum absolute atomic E-state index is 0.176. The van der Waals surface area contributed by atoms with Crippen molar-refractivity contribution < 1.29 is 13.9 Å². The lowest BCUT2D eigenvalue weighted by atomic mass is 10.2. The monoisotopic (exact) mass is 207 g/mol. The van der Waals surface area contributed by atoms with Gasteiger partial charge in [0.25, 0.3) is 0 Å². The fourth-order valence-corrected chi connectivity index (χ4v) is 1.32. The van der Waals surface area contributed by atoms with Crippen LogP contribution in [0.5, 0.6) is 0 Å². The molecule has 1 aromatic carbocycles. The molecule has 0 radical (unpaired) electrons. The van der Waals surface area contributed by atoms with Crippen LogP contribution in [-0.2, 0) is 6.61 Å². The van der Waals surface area contributed by atoms with Crippen LogP contribution in [0.1, 0.15) is 11.5 Å². The van der Waals surface area contributed by atoms with Crippen molar-refractivity contribution in [1.29, 1.82) is 0 Å². The van der Waals surface area contributed by atoms with Gasteiger partial charge in [0.05, 0.1) is 6.61 Å². The van der Waals surface area contributed by atoms with Crippen molar-refractivity contribution in [2.45, 2.75) is 13.5 Å². The first-order chi connectivity index (χ1) is 7.20. The Hall–Kier alpha value is -1.68. The average Bonchev–Trinajstić information content (AvgIpc) is 2.60. The molecule has 0 amide bonds. The van der Waals surface area contributed by atoms with Crippen molar-refractivity contribution in [2.24, 2.45) is 0 Å². The third-order valence-corrected chi connectivity index (χ3v) is 2.11. The molecule has 78 valence electrons. The van der Waals surface area contributed by atoms with Gasteiger partial charge in [-0.3, -0.25) is 0 Å². The highest BCUT2D eigenvalue weighted by molar-refractivity contribution is 5.53. The number of aryl methyl sites for hydroxylation is 1. The lowest BCUT2D eigenvalue weighted by Gasteiger charge is -1.94. The molecule has 0 fully saturated rings. The van der Waals surface area contributed by atoms with Crippen LogP contribution in [-0.4, -0.2) is 10.1 Å². The Labute approximate surface area is 86.2 Å². The standard InChI is InChI=1S/C11H10FNO2/c1-7-10(6-14)13-11(15-7)8-3-2-4-9(12)5-8/h2-5,14H,6H2,1H3. The molecule has 0 spiro atoms. The summed E-state index contributed by atoms with van der Waals surface area (Å²) in [6.07, 6.45) is 0. The second kappa shape index (κ2) is 3.82. The van der Waals surface area contributed by atoms with Gasteiger partial charge in [-0.05, 0) is 25.1 Å². The normalized spacial score (nSPS) is 10.6. The number of aromatic nitrogens is 1. The third-order valence-electron chi connectivity index (χ3n) is 2.11. The molecule has 4 heteroatoms. The van der Waals surface area contributed by atoms with E-state index >= 15 is 0 Å². The number of hydrogen-bond acceptors (Lipinski definition) is 3. The van der Waals surface area contributed by atoms with Gasteiger partial charge in [-0.15, -0.1) is 0 Å². The Morgan fingerprint density at radius 3 is 2.87 bits per heavy atom. The van der Waals surface area contributed by atoms with Gasteiger partial charge in [0.1, 0.15) is 17.3 Å². The molecule has 2 aromatic rings. The van der Waals surface area contributed by atoms with Crippen LogP contribution in [0.15, 0.2) is 28.7 Å². The molecule has 1 aromatic heterocycles. The summed E-state index contributed by atoms with van der Waals surface area (Å²) in [7, 11) is 0. The van der Waals surface area contributed by atoms with Crippen LogP contribution < -0.4 is 0 Å². The van der Waals surface area contributed by atoms with E-state index in [9.17, 15) is 4.39 Å². The zero-order chi connectivity index (χ0) is 10.8. The van der Waals surface area contributed by atoms with Crippen molar-refractivity contribution in [3.8, 4) is 11.5 Å². The lowest BCUT2D eigenvalue weighted by molar-refractivity contribution is 0.275. The number of aliphatic hydroxyl groups is 1. The SMILES string of the molecule is Cc1oc(-c2cccc(F)c2)nc1CO. The van der Waals surface area contributed by atoms with E-state index in [1.54, 1.807) is 19.1 Å². The largest absolute Gasteiger partial charge is 0.441 e. The maximum absolute atomic E-state index is 12.9.